The van der Waals surface area contributed by atoms with Gasteiger partial charge in [0.05, 0.1) is 22.8 Å². The number of aryl methyl sites for hydroxylation is 1. The molecule has 0 saturated heterocycles. The second-order valence-corrected chi connectivity index (χ2v) is 6.82. The highest BCUT2D eigenvalue weighted by molar-refractivity contribution is 6.14. The summed E-state index contributed by atoms with van der Waals surface area (Å²) in [4.78, 5) is 19.8. The standard InChI is InChI=1S/C25H19N3O/c1-18-11-13-19(14-12-18)24-17-22(21-9-5-6-10-23(21)27-24)25(29)28(16-15-26)20-7-3-2-4-8-20/h2-14,17H,16H2,1H3. The molecule has 0 fully saturated rings. The number of pyridine rings is 1. The molecule has 140 valence electrons. The van der Waals surface area contributed by atoms with Gasteiger partial charge in [-0.1, -0.05) is 66.2 Å². The molecule has 0 bridgehead atoms. The normalized spacial score (nSPS) is 10.5. The number of rotatable bonds is 4. The van der Waals surface area contributed by atoms with Gasteiger partial charge in [0.1, 0.15) is 6.54 Å². The average Bonchev–Trinajstić information content (AvgIpc) is 2.77. The molecule has 0 aliphatic rings. The van der Waals surface area contributed by atoms with Crippen LogP contribution < -0.4 is 4.90 Å². The van der Waals surface area contributed by atoms with Crippen molar-refractivity contribution in [2.45, 2.75) is 6.92 Å². The summed E-state index contributed by atoms with van der Waals surface area (Å²) in [5.41, 5.74) is 4.81. The topological polar surface area (TPSA) is 57.0 Å². The maximum atomic E-state index is 13.5. The summed E-state index contributed by atoms with van der Waals surface area (Å²) < 4.78 is 0. The number of carbonyl (C=O) groups is 1. The number of nitriles is 1. The SMILES string of the molecule is Cc1ccc(-c2cc(C(=O)N(CC#N)c3ccccc3)c3ccccc3n2)cc1. The zero-order valence-electron chi connectivity index (χ0n) is 16.0. The Morgan fingerprint density at radius 3 is 2.38 bits per heavy atom. The van der Waals surface area contributed by atoms with Gasteiger partial charge >= 0.3 is 0 Å². The zero-order valence-corrected chi connectivity index (χ0v) is 16.0. The highest BCUT2D eigenvalue weighted by Crippen LogP contribution is 2.27. The van der Waals surface area contributed by atoms with Crippen LogP contribution in [0, 0.1) is 18.3 Å². The maximum Gasteiger partial charge on any atom is 0.259 e. The first-order valence-corrected chi connectivity index (χ1v) is 9.38. The second kappa shape index (κ2) is 7.95. The minimum atomic E-state index is -0.218. The molecule has 0 unspecified atom stereocenters. The molecule has 4 heteroatoms. The number of para-hydroxylation sites is 2. The van der Waals surface area contributed by atoms with Crippen molar-refractivity contribution in [3.63, 3.8) is 0 Å². The number of anilines is 1. The summed E-state index contributed by atoms with van der Waals surface area (Å²) in [6.45, 7) is 2.01. The summed E-state index contributed by atoms with van der Waals surface area (Å²) >= 11 is 0. The molecular formula is C25H19N3O. The van der Waals surface area contributed by atoms with E-state index in [1.165, 1.54) is 4.90 Å². The van der Waals surface area contributed by atoms with Crippen LogP contribution in [-0.4, -0.2) is 17.4 Å². The van der Waals surface area contributed by atoms with Crippen molar-refractivity contribution >= 4 is 22.5 Å². The molecule has 4 aromatic rings. The Kier molecular flexibility index (Phi) is 5.05. The first kappa shape index (κ1) is 18.4. The minimum Gasteiger partial charge on any atom is -0.295 e. The van der Waals surface area contributed by atoms with Gasteiger partial charge in [-0.05, 0) is 31.2 Å². The van der Waals surface area contributed by atoms with E-state index in [1.807, 2.05) is 91.9 Å². The van der Waals surface area contributed by atoms with E-state index in [9.17, 15) is 10.1 Å². The van der Waals surface area contributed by atoms with Crippen LogP contribution in [0.25, 0.3) is 22.2 Å². The highest BCUT2D eigenvalue weighted by atomic mass is 16.2. The van der Waals surface area contributed by atoms with Gasteiger partial charge < -0.3 is 0 Å². The van der Waals surface area contributed by atoms with E-state index >= 15 is 0 Å². The van der Waals surface area contributed by atoms with Gasteiger partial charge in [-0.3, -0.25) is 9.69 Å². The van der Waals surface area contributed by atoms with E-state index in [-0.39, 0.29) is 12.5 Å². The molecule has 4 nitrogen and oxygen atoms in total. The summed E-state index contributed by atoms with van der Waals surface area (Å²) in [5, 5.41) is 10.1. The Labute approximate surface area is 169 Å². The van der Waals surface area contributed by atoms with Crippen LogP contribution in [0.3, 0.4) is 0 Å². The van der Waals surface area contributed by atoms with Gasteiger partial charge in [-0.15, -0.1) is 0 Å². The summed E-state index contributed by atoms with van der Waals surface area (Å²) in [7, 11) is 0. The molecule has 29 heavy (non-hydrogen) atoms. The van der Waals surface area contributed by atoms with Crippen molar-refractivity contribution < 1.29 is 4.79 Å². The van der Waals surface area contributed by atoms with Crippen molar-refractivity contribution in [2.75, 3.05) is 11.4 Å². The lowest BCUT2D eigenvalue weighted by molar-refractivity contribution is 0.0991. The second-order valence-electron chi connectivity index (χ2n) is 6.82. The number of hydrogen-bond acceptors (Lipinski definition) is 3. The van der Waals surface area contributed by atoms with Gasteiger partial charge in [0, 0.05) is 16.6 Å². The van der Waals surface area contributed by atoms with Crippen LogP contribution in [-0.2, 0) is 0 Å². The van der Waals surface area contributed by atoms with Crippen molar-refractivity contribution in [1.29, 1.82) is 5.26 Å². The Balaban J connectivity index is 1.88. The lowest BCUT2D eigenvalue weighted by atomic mass is 10.0. The van der Waals surface area contributed by atoms with E-state index < -0.39 is 0 Å². The Bertz CT molecular complexity index is 1210. The molecule has 4 rings (SSSR count). The predicted octanol–water partition coefficient (Wildman–Crippen LogP) is 5.38. The smallest absolute Gasteiger partial charge is 0.259 e. The van der Waals surface area contributed by atoms with E-state index in [0.717, 1.165) is 27.7 Å². The van der Waals surface area contributed by atoms with E-state index in [1.54, 1.807) is 0 Å². The number of hydrogen-bond donors (Lipinski definition) is 0. The monoisotopic (exact) mass is 377 g/mol. The van der Waals surface area contributed by atoms with Crippen molar-refractivity contribution in [1.82, 2.24) is 4.98 Å². The molecule has 0 aliphatic carbocycles. The van der Waals surface area contributed by atoms with Crippen LogP contribution in [0.5, 0.6) is 0 Å². The number of nitrogens with zero attached hydrogens (tertiary/aromatic N) is 3. The van der Waals surface area contributed by atoms with Crippen molar-refractivity contribution in [3.8, 4) is 17.3 Å². The van der Waals surface area contributed by atoms with E-state index in [2.05, 4.69) is 6.07 Å². The number of aromatic nitrogens is 1. The molecular weight excluding hydrogens is 358 g/mol. The lowest BCUT2D eigenvalue weighted by Gasteiger charge is -2.21. The van der Waals surface area contributed by atoms with Crippen LogP contribution in [0.15, 0.2) is 84.9 Å². The molecule has 1 amide bonds. The van der Waals surface area contributed by atoms with Gasteiger partial charge in [0.15, 0.2) is 0 Å². The fourth-order valence-corrected chi connectivity index (χ4v) is 3.33. The zero-order chi connectivity index (χ0) is 20.2. The summed E-state index contributed by atoms with van der Waals surface area (Å²) in [6.07, 6.45) is 0. The van der Waals surface area contributed by atoms with Gasteiger partial charge in [-0.25, -0.2) is 4.98 Å². The molecule has 0 N–H and O–H groups in total. The number of carbonyl (C=O) groups excluding carboxylic acids is 1. The Morgan fingerprint density at radius 1 is 0.966 bits per heavy atom. The molecule has 0 radical (unpaired) electrons. The third kappa shape index (κ3) is 3.71. The molecule has 0 aliphatic heterocycles. The van der Waals surface area contributed by atoms with Crippen molar-refractivity contribution in [3.05, 3.63) is 96.1 Å². The van der Waals surface area contributed by atoms with Gasteiger partial charge in [0.2, 0.25) is 0 Å². The summed E-state index contributed by atoms with van der Waals surface area (Å²) in [6, 6.07) is 28.9. The van der Waals surface area contributed by atoms with Crippen LogP contribution in [0.1, 0.15) is 15.9 Å². The van der Waals surface area contributed by atoms with E-state index in [4.69, 9.17) is 4.98 Å². The first-order valence-electron chi connectivity index (χ1n) is 9.38. The molecule has 1 aromatic heterocycles. The highest BCUT2D eigenvalue weighted by Gasteiger charge is 2.21. The molecule has 0 atom stereocenters. The molecule has 0 saturated carbocycles. The first-order chi connectivity index (χ1) is 14.2. The van der Waals surface area contributed by atoms with Gasteiger partial charge in [-0.2, -0.15) is 5.26 Å². The minimum absolute atomic E-state index is 0.0284. The van der Waals surface area contributed by atoms with Crippen LogP contribution in [0.2, 0.25) is 0 Å². The lowest BCUT2D eigenvalue weighted by Crippen LogP contribution is -2.31. The third-order valence-electron chi connectivity index (χ3n) is 4.84. The predicted molar refractivity (Wildman–Crippen MR) is 116 cm³/mol. The van der Waals surface area contributed by atoms with E-state index in [0.29, 0.717) is 11.3 Å². The fraction of sp³-hybridized carbons (Fsp3) is 0.0800. The number of benzene rings is 3. The van der Waals surface area contributed by atoms with Gasteiger partial charge in [0.25, 0.3) is 5.91 Å². The molecule has 1 heterocycles. The number of fused-ring (bicyclic) bond motifs is 1. The largest absolute Gasteiger partial charge is 0.295 e. The Hall–Kier alpha value is -3.97. The van der Waals surface area contributed by atoms with Crippen LogP contribution in [0.4, 0.5) is 5.69 Å². The fourth-order valence-electron chi connectivity index (χ4n) is 3.33. The Morgan fingerprint density at radius 2 is 1.66 bits per heavy atom. The molecule has 0 spiro atoms. The van der Waals surface area contributed by atoms with Crippen molar-refractivity contribution in [2.24, 2.45) is 0 Å². The quantitative estimate of drug-likeness (QED) is 0.449. The number of amides is 1. The maximum absolute atomic E-state index is 13.5. The molecule has 3 aromatic carbocycles. The average molecular weight is 377 g/mol. The summed E-state index contributed by atoms with van der Waals surface area (Å²) in [5.74, 6) is -0.218. The van der Waals surface area contributed by atoms with Crippen LogP contribution >= 0.6 is 0 Å². The third-order valence-corrected chi connectivity index (χ3v) is 4.84.